The summed E-state index contributed by atoms with van der Waals surface area (Å²) in [6.45, 7) is 2.10. The van der Waals surface area contributed by atoms with E-state index in [0.29, 0.717) is 46.6 Å². The molecule has 4 rings (SSSR count). The minimum atomic E-state index is -0.661. The van der Waals surface area contributed by atoms with E-state index in [1.807, 2.05) is 4.90 Å². The van der Waals surface area contributed by atoms with Crippen molar-refractivity contribution in [3.8, 4) is 0 Å². The Morgan fingerprint density at radius 3 is 2.63 bits per heavy atom. The number of nitrogens with zero attached hydrogens (tertiary/aromatic N) is 3. The van der Waals surface area contributed by atoms with E-state index in [2.05, 4.69) is 20.9 Å². The van der Waals surface area contributed by atoms with Gasteiger partial charge < -0.3 is 9.80 Å². The van der Waals surface area contributed by atoms with Crippen LogP contribution in [0.1, 0.15) is 10.4 Å². The van der Waals surface area contributed by atoms with Gasteiger partial charge in [-0.15, -0.1) is 0 Å². The molecule has 1 aliphatic heterocycles. The monoisotopic (exact) mass is 471 g/mol. The van der Waals surface area contributed by atoms with Crippen LogP contribution < -0.4 is 4.90 Å². The number of amides is 1. The summed E-state index contributed by atoms with van der Waals surface area (Å²) in [7, 11) is 0. The highest BCUT2D eigenvalue weighted by atomic mass is 79.9. The quantitative estimate of drug-likeness (QED) is 0.529. The Bertz CT molecular complexity index is 1040. The maximum absolute atomic E-state index is 13.9. The van der Waals surface area contributed by atoms with Crippen molar-refractivity contribution in [3.63, 3.8) is 0 Å². The number of piperazine rings is 1. The summed E-state index contributed by atoms with van der Waals surface area (Å²) < 4.78 is 28.5. The summed E-state index contributed by atoms with van der Waals surface area (Å²) >= 11 is 10.8. The van der Waals surface area contributed by atoms with Crippen LogP contribution in [0.2, 0.25) is 5.02 Å². The SMILES string of the molecule is O=C(c1cc(Br)ccc1Cl)N1CCN(c2nc3c(F)cc(F)cc3s2)CC1. The highest BCUT2D eigenvalue weighted by molar-refractivity contribution is 9.10. The molecule has 140 valence electrons. The lowest BCUT2D eigenvalue weighted by Crippen LogP contribution is -2.48. The van der Waals surface area contributed by atoms with Gasteiger partial charge in [0.25, 0.3) is 5.91 Å². The molecule has 0 radical (unpaired) electrons. The Balaban J connectivity index is 1.50. The minimum Gasteiger partial charge on any atom is -0.345 e. The van der Waals surface area contributed by atoms with Crippen LogP contribution >= 0.6 is 38.9 Å². The summed E-state index contributed by atoms with van der Waals surface area (Å²) in [6.07, 6.45) is 0. The molecule has 0 aliphatic carbocycles. The van der Waals surface area contributed by atoms with Crippen LogP contribution in [0.4, 0.5) is 13.9 Å². The van der Waals surface area contributed by atoms with E-state index in [-0.39, 0.29) is 11.4 Å². The van der Waals surface area contributed by atoms with Crippen molar-refractivity contribution in [1.82, 2.24) is 9.88 Å². The van der Waals surface area contributed by atoms with Gasteiger partial charge in [0.05, 0.1) is 15.3 Å². The fraction of sp³-hybridized carbons (Fsp3) is 0.222. The maximum Gasteiger partial charge on any atom is 0.255 e. The lowest BCUT2D eigenvalue weighted by atomic mass is 10.2. The van der Waals surface area contributed by atoms with Gasteiger partial charge in [-0.05, 0) is 24.3 Å². The summed E-state index contributed by atoms with van der Waals surface area (Å²) in [6, 6.07) is 7.30. The molecule has 1 saturated heterocycles. The number of halogens is 4. The molecule has 0 atom stereocenters. The molecule has 0 saturated carbocycles. The van der Waals surface area contributed by atoms with E-state index in [9.17, 15) is 13.6 Å². The molecule has 3 aromatic rings. The van der Waals surface area contributed by atoms with Crippen LogP contribution in [-0.2, 0) is 0 Å². The van der Waals surface area contributed by atoms with E-state index >= 15 is 0 Å². The van der Waals surface area contributed by atoms with Crippen LogP contribution in [0.25, 0.3) is 10.2 Å². The fourth-order valence-electron chi connectivity index (χ4n) is 3.01. The number of aromatic nitrogens is 1. The summed E-state index contributed by atoms with van der Waals surface area (Å²) in [5, 5.41) is 1.04. The highest BCUT2D eigenvalue weighted by Crippen LogP contribution is 2.32. The second kappa shape index (κ2) is 7.33. The molecule has 0 spiro atoms. The largest absolute Gasteiger partial charge is 0.345 e. The topological polar surface area (TPSA) is 36.4 Å². The van der Waals surface area contributed by atoms with E-state index in [1.165, 1.54) is 17.4 Å². The zero-order valence-corrected chi connectivity index (χ0v) is 17.0. The third-order valence-electron chi connectivity index (χ3n) is 4.40. The molecule has 2 aromatic carbocycles. The number of fused-ring (bicyclic) bond motifs is 1. The van der Waals surface area contributed by atoms with Gasteiger partial charge in [-0.2, -0.15) is 0 Å². The van der Waals surface area contributed by atoms with Crippen molar-refractivity contribution < 1.29 is 13.6 Å². The highest BCUT2D eigenvalue weighted by Gasteiger charge is 2.25. The number of anilines is 1. The third-order valence-corrected chi connectivity index (χ3v) is 6.28. The Morgan fingerprint density at radius 1 is 1.15 bits per heavy atom. The number of carbonyl (C=O) groups excluding carboxylic acids is 1. The van der Waals surface area contributed by atoms with Crippen molar-refractivity contribution in [3.05, 3.63) is 57.0 Å². The molecule has 0 N–H and O–H groups in total. The van der Waals surface area contributed by atoms with Gasteiger partial charge in [0.15, 0.2) is 10.9 Å². The summed E-state index contributed by atoms with van der Waals surface area (Å²) in [5.74, 6) is -1.40. The van der Waals surface area contributed by atoms with Gasteiger partial charge in [-0.25, -0.2) is 13.8 Å². The van der Waals surface area contributed by atoms with Crippen molar-refractivity contribution in [1.29, 1.82) is 0 Å². The second-order valence-corrected chi connectivity index (χ2v) is 8.47. The predicted molar refractivity (Wildman–Crippen MR) is 107 cm³/mol. The fourth-order valence-corrected chi connectivity index (χ4v) is 4.63. The van der Waals surface area contributed by atoms with Gasteiger partial charge in [-0.3, -0.25) is 4.79 Å². The maximum atomic E-state index is 13.9. The van der Waals surface area contributed by atoms with E-state index in [0.717, 1.165) is 10.5 Å². The van der Waals surface area contributed by atoms with Crippen LogP contribution in [0, 0.1) is 11.6 Å². The first-order valence-electron chi connectivity index (χ1n) is 8.17. The average Bonchev–Trinajstić information content (AvgIpc) is 3.07. The molecule has 2 heterocycles. The van der Waals surface area contributed by atoms with Gasteiger partial charge in [0.1, 0.15) is 11.3 Å². The molecular formula is C18H13BrClF2N3OS. The predicted octanol–water partition coefficient (Wildman–Crippen LogP) is 4.95. The Morgan fingerprint density at radius 2 is 1.89 bits per heavy atom. The lowest BCUT2D eigenvalue weighted by Gasteiger charge is -2.34. The zero-order chi connectivity index (χ0) is 19.1. The second-order valence-electron chi connectivity index (χ2n) is 6.13. The Hall–Kier alpha value is -1.77. The minimum absolute atomic E-state index is 0.127. The van der Waals surface area contributed by atoms with Crippen molar-refractivity contribution >= 4 is 60.1 Å². The summed E-state index contributed by atoms with van der Waals surface area (Å²) in [4.78, 5) is 20.8. The number of thiazole rings is 1. The average molecular weight is 473 g/mol. The number of carbonyl (C=O) groups is 1. The molecule has 27 heavy (non-hydrogen) atoms. The van der Waals surface area contributed by atoms with E-state index in [1.54, 1.807) is 23.1 Å². The van der Waals surface area contributed by atoms with Crippen molar-refractivity contribution in [2.45, 2.75) is 0 Å². The molecule has 1 fully saturated rings. The number of rotatable bonds is 2. The molecule has 0 unspecified atom stereocenters. The summed E-state index contributed by atoms with van der Waals surface area (Å²) in [5.41, 5.74) is 0.632. The number of benzene rings is 2. The number of hydrogen-bond donors (Lipinski definition) is 0. The van der Waals surface area contributed by atoms with Crippen LogP contribution in [-0.4, -0.2) is 42.0 Å². The third kappa shape index (κ3) is 3.66. The van der Waals surface area contributed by atoms with Crippen LogP contribution in [0.3, 0.4) is 0 Å². The molecule has 1 aliphatic rings. The van der Waals surface area contributed by atoms with Gasteiger partial charge in [0, 0.05) is 36.7 Å². The molecule has 4 nitrogen and oxygen atoms in total. The molecule has 1 amide bonds. The van der Waals surface area contributed by atoms with Gasteiger partial charge in [-0.1, -0.05) is 38.9 Å². The Kier molecular flexibility index (Phi) is 5.05. The first kappa shape index (κ1) is 18.6. The first-order chi connectivity index (χ1) is 12.9. The first-order valence-corrected chi connectivity index (χ1v) is 10.2. The van der Waals surface area contributed by atoms with Crippen LogP contribution in [0.5, 0.6) is 0 Å². The van der Waals surface area contributed by atoms with Gasteiger partial charge in [0.2, 0.25) is 0 Å². The number of hydrogen-bond acceptors (Lipinski definition) is 4. The van der Waals surface area contributed by atoms with Gasteiger partial charge >= 0.3 is 0 Å². The Labute approximate surface area is 171 Å². The smallest absolute Gasteiger partial charge is 0.255 e. The molecular weight excluding hydrogens is 460 g/mol. The zero-order valence-electron chi connectivity index (χ0n) is 13.9. The normalized spacial score (nSPS) is 14.8. The van der Waals surface area contributed by atoms with Crippen LogP contribution in [0.15, 0.2) is 34.8 Å². The molecule has 0 bridgehead atoms. The van der Waals surface area contributed by atoms with E-state index in [4.69, 9.17) is 11.6 Å². The van der Waals surface area contributed by atoms with Crippen molar-refractivity contribution in [2.24, 2.45) is 0 Å². The molecule has 9 heteroatoms. The van der Waals surface area contributed by atoms with E-state index < -0.39 is 11.6 Å². The van der Waals surface area contributed by atoms with Crippen molar-refractivity contribution in [2.75, 3.05) is 31.1 Å². The lowest BCUT2D eigenvalue weighted by molar-refractivity contribution is 0.0747. The molecule has 1 aromatic heterocycles. The standard InChI is InChI=1S/C18H13BrClF2N3OS/c19-10-1-2-13(20)12(7-10)17(26)24-3-5-25(6-4-24)18-23-16-14(22)8-11(21)9-15(16)27-18/h1-2,7-9H,3-6H2.